The maximum atomic E-state index is 12.8. The Morgan fingerprint density at radius 3 is 2.57 bits per heavy atom. The van der Waals surface area contributed by atoms with Gasteiger partial charge in [0.05, 0.1) is 22.2 Å². The van der Waals surface area contributed by atoms with E-state index in [0.29, 0.717) is 21.5 Å². The topological polar surface area (TPSA) is 93.1 Å². The highest BCUT2D eigenvalue weighted by Gasteiger charge is 2.21. The second kappa shape index (κ2) is 8.28. The standard InChI is InChI=1S/C22H23ClN4O3/c1-22(2,3)21(30)24-11-13-5-8-18(23)17(9-13)19(28)26-15-7-6-14-12-25-27(4)20(29)16(14)10-15/h5-10,12H,11H2,1-4H3,(H,24,30)(H,26,28). The number of benzene rings is 2. The normalized spacial score (nSPS) is 11.4. The number of hydrogen-bond acceptors (Lipinski definition) is 4. The van der Waals surface area contributed by atoms with Crippen molar-refractivity contribution in [3.63, 3.8) is 0 Å². The van der Waals surface area contributed by atoms with Crippen LogP contribution in [0.3, 0.4) is 0 Å². The number of nitrogens with zero attached hydrogens (tertiary/aromatic N) is 2. The van der Waals surface area contributed by atoms with E-state index in [1.54, 1.807) is 49.6 Å². The highest BCUT2D eigenvalue weighted by atomic mass is 35.5. The fourth-order valence-electron chi connectivity index (χ4n) is 2.81. The van der Waals surface area contributed by atoms with Gasteiger partial charge in [-0.1, -0.05) is 44.5 Å². The number of aryl methyl sites for hydroxylation is 1. The van der Waals surface area contributed by atoms with Gasteiger partial charge in [0.2, 0.25) is 5.91 Å². The molecule has 0 bridgehead atoms. The Kier molecular flexibility index (Phi) is 5.94. The van der Waals surface area contributed by atoms with Crippen LogP contribution >= 0.6 is 11.6 Å². The molecule has 0 aliphatic rings. The third-order valence-electron chi connectivity index (χ3n) is 4.62. The number of hydrogen-bond donors (Lipinski definition) is 2. The zero-order valence-electron chi connectivity index (χ0n) is 17.2. The van der Waals surface area contributed by atoms with E-state index in [4.69, 9.17) is 11.6 Å². The third kappa shape index (κ3) is 4.68. The van der Waals surface area contributed by atoms with Gasteiger partial charge in [-0.05, 0) is 29.8 Å². The van der Waals surface area contributed by atoms with Crippen molar-refractivity contribution in [2.24, 2.45) is 12.5 Å². The minimum Gasteiger partial charge on any atom is -0.352 e. The van der Waals surface area contributed by atoms with Gasteiger partial charge in [0.1, 0.15) is 0 Å². The van der Waals surface area contributed by atoms with Gasteiger partial charge >= 0.3 is 0 Å². The molecule has 0 atom stereocenters. The minimum atomic E-state index is -0.505. The van der Waals surface area contributed by atoms with Gasteiger partial charge in [-0.25, -0.2) is 4.68 Å². The maximum absolute atomic E-state index is 12.8. The lowest BCUT2D eigenvalue weighted by Gasteiger charge is -2.18. The van der Waals surface area contributed by atoms with Crippen LogP contribution < -0.4 is 16.2 Å². The number of halogens is 1. The van der Waals surface area contributed by atoms with E-state index in [1.165, 1.54) is 4.68 Å². The van der Waals surface area contributed by atoms with Gasteiger partial charge in [0, 0.05) is 30.1 Å². The first-order valence-corrected chi connectivity index (χ1v) is 9.78. The predicted molar refractivity (Wildman–Crippen MR) is 118 cm³/mol. The second-order valence-corrected chi connectivity index (χ2v) is 8.48. The molecule has 30 heavy (non-hydrogen) atoms. The number of anilines is 1. The average molecular weight is 427 g/mol. The second-order valence-electron chi connectivity index (χ2n) is 8.08. The summed E-state index contributed by atoms with van der Waals surface area (Å²) in [7, 11) is 1.57. The number of fused-ring (bicyclic) bond motifs is 1. The Hall–Kier alpha value is -3.19. The molecule has 0 saturated carbocycles. The van der Waals surface area contributed by atoms with Crippen LogP contribution in [-0.2, 0) is 18.4 Å². The molecule has 2 aromatic carbocycles. The maximum Gasteiger partial charge on any atom is 0.274 e. The van der Waals surface area contributed by atoms with Crippen LogP contribution in [0.1, 0.15) is 36.7 Å². The van der Waals surface area contributed by atoms with Crippen molar-refractivity contribution in [3.8, 4) is 0 Å². The Morgan fingerprint density at radius 2 is 1.87 bits per heavy atom. The van der Waals surface area contributed by atoms with Gasteiger partial charge in [-0.2, -0.15) is 5.10 Å². The van der Waals surface area contributed by atoms with Crippen LogP contribution in [0.15, 0.2) is 47.4 Å². The van der Waals surface area contributed by atoms with Crippen molar-refractivity contribution in [2.45, 2.75) is 27.3 Å². The van der Waals surface area contributed by atoms with Crippen LogP contribution in [-0.4, -0.2) is 21.6 Å². The Morgan fingerprint density at radius 1 is 1.13 bits per heavy atom. The van der Waals surface area contributed by atoms with E-state index in [1.807, 2.05) is 20.8 Å². The van der Waals surface area contributed by atoms with E-state index < -0.39 is 11.3 Å². The summed E-state index contributed by atoms with van der Waals surface area (Å²) in [6.07, 6.45) is 1.59. The van der Waals surface area contributed by atoms with E-state index in [2.05, 4.69) is 15.7 Å². The van der Waals surface area contributed by atoms with E-state index >= 15 is 0 Å². The third-order valence-corrected chi connectivity index (χ3v) is 4.94. The molecule has 1 aromatic heterocycles. The quantitative estimate of drug-likeness (QED) is 0.667. The van der Waals surface area contributed by atoms with Gasteiger partial charge < -0.3 is 10.6 Å². The first-order valence-electron chi connectivity index (χ1n) is 9.40. The minimum absolute atomic E-state index is 0.0873. The fourth-order valence-corrected chi connectivity index (χ4v) is 3.01. The molecule has 0 aliphatic carbocycles. The summed E-state index contributed by atoms with van der Waals surface area (Å²) in [5.41, 5.74) is 0.744. The van der Waals surface area contributed by atoms with Crippen molar-refractivity contribution >= 4 is 39.9 Å². The largest absolute Gasteiger partial charge is 0.352 e. The molecule has 8 heteroatoms. The molecule has 2 N–H and O–H groups in total. The van der Waals surface area contributed by atoms with E-state index in [9.17, 15) is 14.4 Å². The van der Waals surface area contributed by atoms with Crippen molar-refractivity contribution in [1.82, 2.24) is 15.1 Å². The number of carbonyl (C=O) groups is 2. The highest BCUT2D eigenvalue weighted by Crippen LogP contribution is 2.21. The predicted octanol–water partition coefficient (Wildman–Crippen LogP) is 3.50. The summed E-state index contributed by atoms with van der Waals surface area (Å²) < 4.78 is 1.24. The summed E-state index contributed by atoms with van der Waals surface area (Å²) in [5.74, 6) is -0.495. The molecule has 0 saturated heterocycles. The first kappa shape index (κ1) is 21.5. The van der Waals surface area contributed by atoms with Gasteiger partial charge in [-0.3, -0.25) is 14.4 Å². The summed E-state index contributed by atoms with van der Waals surface area (Å²) >= 11 is 6.22. The summed E-state index contributed by atoms with van der Waals surface area (Å²) in [6.45, 7) is 5.77. The Balaban J connectivity index is 1.81. The molecular weight excluding hydrogens is 404 g/mol. The Bertz CT molecular complexity index is 1200. The molecule has 2 amide bonds. The van der Waals surface area contributed by atoms with Crippen molar-refractivity contribution in [1.29, 1.82) is 0 Å². The SMILES string of the molecule is Cn1ncc2ccc(NC(=O)c3cc(CNC(=O)C(C)(C)C)ccc3Cl)cc2c1=O. The smallest absolute Gasteiger partial charge is 0.274 e. The number of carbonyl (C=O) groups excluding carboxylic acids is 2. The van der Waals surface area contributed by atoms with Crippen molar-refractivity contribution in [3.05, 3.63) is 69.1 Å². The lowest BCUT2D eigenvalue weighted by molar-refractivity contribution is -0.128. The van der Waals surface area contributed by atoms with Crippen molar-refractivity contribution in [2.75, 3.05) is 5.32 Å². The molecule has 3 rings (SSSR count). The van der Waals surface area contributed by atoms with Gasteiger partial charge in [-0.15, -0.1) is 0 Å². The molecule has 1 heterocycles. The lowest BCUT2D eigenvalue weighted by atomic mass is 9.95. The number of rotatable bonds is 4. The van der Waals surface area contributed by atoms with Crippen LogP contribution in [0, 0.1) is 5.41 Å². The monoisotopic (exact) mass is 426 g/mol. The number of aromatic nitrogens is 2. The summed E-state index contributed by atoms with van der Waals surface area (Å²) in [6, 6.07) is 10.1. The molecule has 0 aliphatic heterocycles. The number of nitrogens with one attached hydrogen (secondary N) is 2. The zero-order chi connectivity index (χ0) is 22.1. The van der Waals surface area contributed by atoms with Gasteiger partial charge in [0.25, 0.3) is 11.5 Å². The van der Waals surface area contributed by atoms with E-state index in [0.717, 1.165) is 5.56 Å². The first-order chi connectivity index (χ1) is 14.1. The molecule has 0 unspecified atom stereocenters. The molecule has 7 nitrogen and oxygen atoms in total. The van der Waals surface area contributed by atoms with E-state index in [-0.39, 0.29) is 23.6 Å². The fraction of sp³-hybridized carbons (Fsp3) is 0.273. The summed E-state index contributed by atoms with van der Waals surface area (Å²) in [4.78, 5) is 37.1. The van der Waals surface area contributed by atoms with Crippen molar-refractivity contribution < 1.29 is 9.59 Å². The van der Waals surface area contributed by atoms with Crippen LogP contribution in [0.5, 0.6) is 0 Å². The van der Waals surface area contributed by atoms with Gasteiger partial charge in [0.15, 0.2) is 0 Å². The van der Waals surface area contributed by atoms with Crippen LogP contribution in [0.25, 0.3) is 10.8 Å². The molecular formula is C22H23ClN4O3. The highest BCUT2D eigenvalue weighted by molar-refractivity contribution is 6.34. The molecule has 0 fully saturated rings. The van der Waals surface area contributed by atoms with Crippen LogP contribution in [0.4, 0.5) is 5.69 Å². The van der Waals surface area contributed by atoms with Crippen LogP contribution in [0.2, 0.25) is 5.02 Å². The molecule has 0 spiro atoms. The molecule has 3 aromatic rings. The Labute approximate surface area is 179 Å². The average Bonchev–Trinajstić information content (AvgIpc) is 2.69. The lowest BCUT2D eigenvalue weighted by Crippen LogP contribution is -2.34. The summed E-state index contributed by atoms with van der Waals surface area (Å²) in [5, 5.41) is 11.0. The number of amides is 2. The molecule has 0 radical (unpaired) electrons. The zero-order valence-corrected chi connectivity index (χ0v) is 18.0. The molecule has 156 valence electrons.